The second-order valence-corrected chi connectivity index (χ2v) is 8.15. The number of hydrogen-bond acceptors (Lipinski definition) is 8. The molecule has 8 heteroatoms. The molecule has 0 fully saturated rings. The highest BCUT2D eigenvalue weighted by atomic mass is 16.5. The maximum atomic E-state index is 9.79. The number of hydrogen-bond donors (Lipinski definition) is 2. The number of methoxy groups -OCH3 is 4. The van der Waals surface area contributed by atoms with Crippen molar-refractivity contribution < 1.29 is 29.2 Å². The summed E-state index contributed by atoms with van der Waals surface area (Å²) >= 11 is 0. The molecule has 0 saturated heterocycles. The van der Waals surface area contributed by atoms with Gasteiger partial charge in [0.2, 0.25) is 0 Å². The molecule has 8 nitrogen and oxygen atoms in total. The van der Waals surface area contributed by atoms with Gasteiger partial charge >= 0.3 is 0 Å². The second kappa shape index (κ2) is 11.8. The molecule has 4 aromatic carbocycles. The zero-order valence-corrected chi connectivity index (χ0v) is 21.5. The van der Waals surface area contributed by atoms with Gasteiger partial charge in [-0.2, -0.15) is 0 Å². The van der Waals surface area contributed by atoms with Crippen LogP contribution in [0.5, 0.6) is 34.5 Å². The molecule has 0 unspecified atom stereocenters. The molecular formula is C30H28N2O6. The van der Waals surface area contributed by atoms with Crippen LogP contribution in [-0.2, 0) is 0 Å². The average Bonchev–Trinajstić information content (AvgIpc) is 2.96. The zero-order valence-electron chi connectivity index (χ0n) is 21.5. The van der Waals surface area contributed by atoms with Gasteiger partial charge in [0.25, 0.3) is 0 Å². The number of nitrogens with zero attached hydrogens (tertiary/aromatic N) is 2. The van der Waals surface area contributed by atoms with E-state index in [1.807, 2.05) is 36.4 Å². The summed E-state index contributed by atoms with van der Waals surface area (Å²) in [6, 6.07) is 21.5. The first-order valence-electron chi connectivity index (χ1n) is 11.6. The van der Waals surface area contributed by atoms with Crippen molar-refractivity contribution in [2.45, 2.75) is 0 Å². The number of aromatic hydroxyl groups is 2. The van der Waals surface area contributed by atoms with Crippen LogP contribution in [0.15, 0.2) is 82.8 Å². The van der Waals surface area contributed by atoms with E-state index in [0.717, 1.165) is 22.3 Å². The number of phenolic OH excluding ortho intramolecular Hbond substituents is 2. The largest absolute Gasteiger partial charge is 0.504 e. The molecule has 2 N–H and O–H groups in total. The van der Waals surface area contributed by atoms with Gasteiger partial charge in [-0.1, -0.05) is 12.1 Å². The molecule has 4 rings (SSSR count). The van der Waals surface area contributed by atoms with Crippen molar-refractivity contribution >= 4 is 23.8 Å². The molecule has 0 radical (unpaired) electrons. The first-order valence-corrected chi connectivity index (χ1v) is 11.6. The van der Waals surface area contributed by atoms with E-state index in [1.54, 1.807) is 63.0 Å². The van der Waals surface area contributed by atoms with Crippen molar-refractivity contribution in [2.24, 2.45) is 9.98 Å². The van der Waals surface area contributed by atoms with Gasteiger partial charge in [-0.15, -0.1) is 0 Å². The summed E-state index contributed by atoms with van der Waals surface area (Å²) in [6.07, 6.45) is 3.36. The number of rotatable bonds is 9. The van der Waals surface area contributed by atoms with Gasteiger partial charge in [0.05, 0.1) is 28.4 Å². The topological polar surface area (TPSA) is 102 Å². The minimum absolute atomic E-state index is 0.0688. The Morgan fingerprint density at radius 3 is 1.26 bits per heavy atom. The third kappa shape index (κ3) is 5.87. The van der Waals surface area contributed by atoms with Crippen LogP contribution >= 0.6 is 0 Å². The summed E-state index contributed by atoms with van der Waals surface area (Å²) in [5.74, 6) is 2.10. The predicted octanol–water partition coefficient (Wildman–Crippen LogP) is 6.30. The lowest BCUT2D eigenvalue weighted by Crippen LogP contribution is -1.90. The molecule has 4 aromatic rings. The highest BCUT2D eigenvalue weighted by Gasteiger charge is 2.10. The van der Waals surface area contributed by atoms with Crippen molar-refractivity contribution in [1.29, 1.82) is 0 Å². The summed E-state index contributed by atoms with van der Waals surface area (Å²) in [6.45, 7) is 0. The molecule has 0 aliphatic carbocycles. The van der Waals surface area contributed by atoms with E-state index >= 15 is 0 Å². The Balaban J connectivity index is 1.58. The molecule has 0 saturated carbocycles. The lowest BCUT2D eigenvalue weighted by atomic mass is 10.0. The molecular weight excluding hydrogens is 484 g/mol. The summed E-state index contributed by atoms with van der Waals surface area (Å²) in [4.78, 5) is 9.10. The summed E-state index contributed by atoms with van der Waals surface area (Å²) in [5.41, 5.74) is 4.70. The fourth-order valence-electron chi connectivity index (χ4n) is 3.76. The fourth-order valence-corrected chi connectivity index (χ4v) is 3.76. The third-order valence-corrected chi connectivity index (χ3v) is 5.81. The van der Waals surface area contributed by atoms with Crippen LogP contribution in [0.4, 0.5) is 11.4 Å². The molecule has 0 atom stereocenters. The number of aliphatic imine (C=N–C) groups is 2. The van der Waals surface area contributed by atoms with E-state index in [4.69, 9.17) is 18.9 Å². The molecule has 0 bridgehead atoms. The fraction of sp³-hybridized carbons (Fsp3) is 0.133. The standard InChI is InChI=1S/C30H28N2O6/c1-35-27-15-21(7-9-23(27)31-17-19-5-11-25(33)29(13-19)37-3)22-8-10-24(28(16-22)36-2)32-18-20-6-12-26(34)30(14-20)38-4/h5-18,33-34H,1-4H3. The van der Waals surface area contributed by atoms with Crippen LogP contribution in [0.1, 0.15) is 11.1 Å². The van der Waals surface area contributed by atoms with Gasteiger partial charge in [0, 0.05) is 12.4 Å². The van der Waals surface area contributed by atoms with Crippen LogP contribution in [0.25, 0.3) is 11.1 Å². The van der Waals surface area contributed by atoms with Crippen molar-refractivity contribution in [3.63, 3.8) is 0 Å². The number of phenols is 2. The van der Waals surface area contributed by atoms with E-state index in [1.165, 1.54) is 14.2 Å². The zero-order chi connectivity index (χ0) is 27.1. The Bertz CT molecular complexity index is 1380. The SMILES string of the molecule is COc1cc(C=Nc2ccc(-c3ccc(N=Cc4ccc(O)c(OC)c4)c(OC)c3)cc2OC)ccc1O. The van der Waals surface area contributed by atoms with Gasteiger partial charge in [-0.25, -0.2) is 0 Å². The lowest BCUT2D eigenvalue weighted by Gasteiger charge is -2.11. The molecule has 0 aliphatic rings. The maximum Gasteiger partial charge on any atom is 0.161 e. The van der Waals surface area contributed by atoms with Gasteiger partial charge in [0.1, 0.15) is 22.9 Å². The molecule has 0 aliphatic heterocycles. The quantitative estimate of drug-likeness (QED) is 0.255. The van der Waals surface area contributed by atoms with Gasteiger partial charge in [0.15, 0.2) is 23.0 Å². The second-order valence-electron chi connectivity index (χ2n) is 8.15. The van der Waals surface area contributed by atoms with Gasteiger partial charge in [-0.05, 0) is 82.9 Å². The van der Waals surface area contributed by atoms with Crippen LogP contribution in [-0.4, -0.2) is 51.1 Å². The van der Waals surface area contributed by atoms with Gasteiger partial charge < -0.3 is 29.2 Å². The van der Waals surface area contributed by atoms with E-state index in [9.17, 15) is 10.2 Å². The van der Waals surface area contributed by atoms with Gasteiger partial charge in [-0.3, -0.25) is 9.98 Å². The Kier molecular flexibility index (Phi) is 8.13. The highest BCUT2D eigenvalue weighted by molar-refractivity contribution is 5.86. The average molecular weight is 513 g/mol. The maximum absolute atomic E-state index is 9.79. The molecule has 38 heavy (non-hydrogen) atoms. The van der Waals surface area contributed by atoms with E-state index in [0.29, 0.717) is 34.4 Å². The minimum atomic E-state index is 0.0688. The Morgan fingerprint density at radius 1 is 0.500 bits per heavy atom. The van der Waals surface area contributed by atoms with Crippen molar-refractivity contribution in [2.75, 3.05) is 28.4 Å². The first-order chi connectivity index (χ1) is 18.4. The van der Waals surface area contributed by atoms with E-state index < -0.39 is 0 Å². The third-order valence-electron chi connectivity index (χ3n) is 5.81. The molecule has 0 aromatic heterocycles. The molecule has 0 amide bonds. The lowest BCUT2D eigenvalue weighted by molar-refractivity contribution is 0.373. The Hall–Kier alpha value is -4.98. The Morgan fingerprint density at radius 2 is 0.895 bits per heavy atom. The van der Waals surface area contributed by atoms with Crippen LogP contribution in [0.3, 0.4) is 0 Å². The van der Waals surface area contributed by atoms with E-state index in [-0.39, 0.29) is 11.5 Å². The summed E-state index contributed by atoms with van der Waals surface area (Å²) in [7, 11) is 6.19. The van der Waals surface area contributed by atoms with Crippen molar-refractivity contribution in [3.05, 3.63) is 83.9 Å². The van der Waals surface area contributed by atoms with Crippen LogP contribution < -0.4 is 18.9 Å². The minimum Gasteiger partial charge on any atom is -0.504 e. The highest BCUT2D eigenvalue weighted by Crippen LogP contribution is 2.37. The van der Waals surface area contributed by atoms with E-state index in [2.05, 4.69) is 9.98 Å². The number of ether oxygens (including phenoxy) is 4. The monoisotopic (exact) mass is 512 g/mol. The van der Waals surface area contributed by atoms with Crippen molar-refractivity contribution in [1.82, 2.24) is 0 Å². The Labute approximate surface area is 221 Å². The normalized spacial score (nSPS) is 11.2. The van der Waals surface area contributed by atoms with Crippen LogP contribution in [0.2, 0.25) is 0 Å². The molecule has 0 spiro atoms. The molecule has 194 valence electrons. The smallest absolute Gasteiger partial charge is 0.161 e. The summed E-state index contributed by atoms with van der Waals surface area (Å²) in [5, 5.41) is 19.6. The molecule has 0 heterocycles. The predicted molar refractivity (Wildman–Crippen MR) is 149 cm³/mol. The summed E-state index contributed by atoms with van der Waals surface area (Å²) < 4.78 is 21.5. The first kappa shape index (κ1) is 26.1. The number of benzene rings is 4. The van der Waals surface area contributed by atoms with Crippen LogP contribution in [0, 0.1) is 0 Å². The van der Waals surface area contributed by atoms with Crippen molar-refractivity contribution in [3.8, 4) is 45.6 Å².